The number of aryl methyl sites for hydroxylation is 1. The minimum atomic E-state index is 0.131. The maximum Gasteiger partial charge on any atom is 0.211 e. The van der Waals surface area contributed by atoms with Gasteiger partial charge in [0.1, 0.15) is 5.69 Å². The third kappa shape index (κ3) is 1.99. The molecule has 1 atom stereocenters. The van der Waals surface area contributed by atoms with Crippen LogP contribution in [-0.4, -0.2) is 21.3 Å². The zero-order valence-electron chi connectivity index (χ0n) is 9.77. The molecule has 2 rings (SSSR count). The Morgan fingerprint density at radius 3 is 3.00 bits per heavy atom. The minimum Gasteiger partial charge on any atom is -0.437 e. The third-order valence-electron chi connectivity index (χ3n) is 2.48. The number of nitrogens with one attached hydrogen (secondary N) is 1. The summed E-state index contributed by atoms with van der Waals surface area (Å²) < 4.78 is 7.45. The van der Waals surface area contributed by atoms with Crippen LogP contribution in [0.2, 0.25) is 0 Å². The van der Waals surface area contributed by atoms with E-state index in [1.165, 1.54) is 0 Å². The van der Waals surface area contributed by atoms with Gasteiger partial charge in [0.15, 0.2) is 5.76 Å². The highest BCUT2D eigenvalue weighted by Crippen LogP contribution is 2.21. The summed E-state index contributed by atoms with van der Waals surface area (Å²) in [6, 6.07) is 2.04. The summed E-state index contributed by atoms with van der Waals surface area (Å²) in [7, 11) is 1.88. The summed E-state index contributed by atoms with van der Waals surface area (Å²) in [4.78, 5) is 4.26. The van der Waals surface area contributed by atoms with E-state index >= 15 is 0 Å². The molecule has 0 aliphatic rings. The lowest BCUT2D eigenvalue weighted by atomic mass is 10.3. The number of hydrogen-bond acceptors (Lipinski definition) is 4. The van der Waals surface area contributed by atoms with Gasteiger partial charge in [-0.15, -0.1) is 0 Å². The van der Waals surface area contributed by atoms with E-state index in [1.807, 2.05) is 20.0 Å². The molecule has 0 amide bonds. The molecule has 1 unspecified atom stereocenters. The van der Waals surface area contributed by atoms with Crippen LogP contribution in [0.25, 0.3) is 11.5 Å². The Balaban J connectivity index is 2.23. The van der Waals surface area contributed by atoms with Gasteiger partial charge in [0.2, 0.25) is 5.89 Å². The normalized spacial score (nSPS) is 12.9. The Morgan fingerprint density at radius 1 is 1.56 bits per heavy atom. The van der Waals surface area contributed by atoms with Gasteiger partial charge < -0.3 is 9.73 Å². The van der Waals surface area contributed by atoms with E-state index in [-0.39, 0.29) is 6.04 Å². The molecule has 2 heterocycles. The van der Waals surface area contributed by atoms with Crippen molar-refractivity contribution in [1.29, 1.82) is 0 Å². The smallest absolute Gasteiger partial charge is 0.211 e. The van der Waals surface area contributed by atoms with Gasteiger partial charge in [0.05, 0.1) is 12.2 Å². The second kappa shape index (κ2) is 4.49. The van der Waals surface area contributed by atoms with Gasteiger partial charge in [0.25, 0.3) is 0 Å². The van der Waals surface area contributed by atoms with Crippen molar-refractivity contribution in [3.8, 4) is 11.5 Å². The van der Waals surface area contributed by atoms with E-state index in [1.54, 1.807) is 17.1 Å². The van der Waals surface area contributed by atoms with E-state index in [0.29, 0.717) is 5.89 Å². The van der Waals surface area contributed by atoms with Crippen molar-refractivity contribution < 1.29 is 4.42 Å². The summed E-state index contributed by atoms with van der Waals surface area (Å²) in [5.41, 5.74) is 0.933. The molecular formula is C11H16N4O. The first-order valence-electron chi connectivity index (χ1n) is 5.40. The van der Waals surface area contributed by atoms with Gasteiger partial charge >= 0.3 is 0 Å². The topological polar surface area (TPSA) is 55.9 Å². The largest absolute Gasteiger partial charge is 0.437 e. The van der Waals surface area contributed by atoms with E-state index in [4.69, 9.17) is 4.42 Å². The third-order valence-corrected chi connectivity index (χ3v) is 2.48. The molecule has 0 aliphatic carbocycles. The number of rotatable bonds is 4. The Bertz CT molecular complexity index is 460. The zero-order valence-corrected chi connectivity index (χ0v) is 9.77. The molecule has 5 nitrogen and oxygen atoms in total. The maximum absolute atomic E-state index is 5.69. The summed E-state index contributed by atoms with van der Waals surface area (Å²) in [6.45, 7) is 4.98. The van der Waals surface area contributed by atoms with Crippen LogP contribution in [0.4, 0.5) is 0 Å². The van der Waals surface area contributed by atoms with Gasteiger partial charge in [-0.1, -0.05) is 6.92 Å². The van der Waals surface area contributed by atoms with Crippen molar-refractivity contribution in [1.82, 2.24) is 20.1 Å². The molecule has 16 heavy (non-hydrogen) atoms. The van der Waals surface area contributed by atoms with Crippen molar-refractivity contribution in [2.45, 2.75) is 19.9 Å². The van der Waals surface area contributed by atoms with Crippen LogP contribution in [0.15, 0.2) is 22.9 Å². The molecule has 1 N–H and O–H groups in total. The first-order valence-corrected chi connectivity index (χ1v) is 5.40. The van der Waals surface area contributed by atoms with Crippen LogP contribution < -0.4 is 5.32 Å². The van der Waals surface area contributed by atoms with Crippen molar-refractivity contribution in [2.75, 3.05) is 6.54 Å². The zero-order chi connectivity index (χ0) is 11.5. The highest BCUT2D eigenvalue weighted by molar-refractivity contribution is 5.50. The Labute approximate surface area is 94.5 Å². The fraction of sp³-hybridized carbons (Fsp3) is 0.455. The highest BCUT2D eigenvalue weighted by atomic mass is 16.4. The lowest BCUT2D eigenvalue weighted by Gasteiger charge is -2.06. The van der Waals surface area contributed by atoms with Crippen LogP contribution in [0, 0.1) is 0 Å². The minimum absolute atomic E-state index is 0.131. The first kappa shape index (κ1) is 10.9. The van der Waals surface area contributed by atoms with Crippen LogP contribution >= 0.6 is 0 Å². The standard InChI is InChI=1S/C11H16N4O/c1-4-12-8(2)11-13-7-10(16-11)9-5-6-14-15(9)3/h5-8,12H,4H2,1-3H3. The molecule has 0 fully saturated rings. The van der Waals surface area contributed by atoms with Crippen molar-refractivity contribution >= 4 is 0 Å². The number of nitrogens with zero attached hydrogens (tertiary/aromatic N) is 3. The lowest BCUT2D eigenvalue weighted by Crippen LogP contribution is -2.17. The van der Waals surface area contributed by atoms with E-state index in [2.05, 4.69) is 22.3 Å². The van der Waals surface area contributed by atoms with Gasteiger partial charge in [-0.3, -0.25) is 4.68 Å². The molecule has 0 spiro atoms. The monoisotopic (exact) mass is 220 g/mol. The first-order chi connectivity index (χ1) is 7.72. The second-order valence-corrected chi connectivity index (χ2v) is 3.68. The van der Waals surface area contributed by atoms with Crippen LogP contribution in [-0.2, 0) is 7.05 Å². The predicted octanol–water partition coefficient (Wildman–Crippen LogP) is 1.75. The number of oxazole rings is 1. The molecule has 0 saturated carbocycles. The average Bonchev–Trinajstić information content (AvgIpc) is 2.86. The summed E-state index contributed by atoms with van der Waals surface area (Å²) in [5, 5.41) is 7.35. The molecule has 5 heteroatoms. The quantitative estimate of drug-likeness (QED) is 0.852. The van der Waals surface area contributed by atoms with Crippen molar-refractivity contribution in [3.63, 3.8) is 0 Å². The van der Waals surface area contributed by atoms with Crippen LogP contribution in [0.3, 0.4) is 0 Å². The fourth-order valence-electron chi connectivity index (χ4n) is 1.62. The van der Waals surface area contributed by atoms with E-state index in [9.17, 15) is 0 Å². The van der Waals surface area contributed by atoms with Crippen LogP contribution in [0.5, 0.6) is 0 Å². The SMILES string of the molecule is CCNC(C)c1ncc(-c2ccnn2C)o1. The lowest BCUT2D eigenvalue weighted by molar-refractivity contribution is 0.427. The van der Waals surface area contributed by atoms with Gasteiger partial charge in [-0.25, -0.2) is 4.98 Å². The number of hydrogen-bond donors (Lipinski definition) is 1. The molecule has 0 saturated heterocycles. The molecule has 0 aliphatic heterocycles. The molecular weight excluding hydrogens is 204 g/mol. The summed E-state index contributed by atoms with van der Waals surface area (Å²) in [5.74, 6) is 1.46. The molecule has 0 aromatic carbocycles. The molecule has 0 radical (unpaired) electrons. The summed E-state index contributed by atoms with van der Waals surface area (Å²) in [6.07, 6.45) is 3.48. The molecule has 0 bridgehead atoms. The van der Waals surface area contributed by atoms with Gasteiger partial charge in [-0.2, -0.15) is 5.10 Å². The Morgan fingerprint density at radius 2 is 2.38 bits per heavy atom. The van der Waals surface area contributed by atoms with Gasteiger partial charge in [0, 0.05) is 13.2 Å². The summed E-state index contributed by atoms with van der Waals surface area (Å²) >= 11 is 0. The molecule has 2 aromatic heterocycles. The fourth-order valence-corrected chi connectivity index (χ4v) is 1.62. The highest BCUT2D eigenvalue weighted by Gasteiger charge is 2.13. The van der Waals surface area contributed by atoms with E-state index in [0.717, 1.165) is 18.0 Å². The predicted molar refractivity (Wildman–Crippen MR) is 60.8 cm³/mol. The number of aromatic nitrogens is 3. The van der Waals surface area contributed by atoms with Crippen molar-refractivity contribution in [3.05, 3.63) is 24.4 Å². The van der Waals surface area contributed by atoms with Gasteiger partial charge in [-0.05, 0) is 19.5 Å². The molecule has 2 aromatic rings. The maximum atomic E-state index is 5.69. The Hall–Kier alpha value is -1.62. The van der Waals surface area contributed by atoms with E-state index < -0.39 is 0 Å². The Kier molecular flexibility index (Phi) is 3.05. The molecule has 86 valence electrons. The average molecular weight is 220 g/mol. The van der Waals surface area contributed by atoms with Crippen LogP contribution in [0.1, 0.15) is 25.8 Å². The second-order valence-electron chi connectivity index (χ2n) is 3.68. The van der Waals surface area contributed by atoms with Crippen molar-refractivity contribution in [2.24, 2.45) is 7.05 Å².